The summed E-state index contributed by atoms with van der Waals surface area (Å²) in [7, 11) is 0. The molecule has 0 bridgehead atoms. The number of aryl methyl sites for hydroxylation is 2. The third-order valence-corrected chi connectivity index (χ3v) is 3.96. The molecule has 2 N–H and O–H groups in total. The highest BCUT2D eigenvalue weighted by Gasteiger charge is 2.07. The zero-order chi connectivity index (χ0) is 16.1. The number of aromatic nitrogens is 2. The second-order valence-corrected chi connectivity index (χ2v) is 5.78. The number of carboxylic acid groups (broad SMARTS) is 1. The molecule has 0 aliphatic rings. The third kappa shape index (κ3) is 4.70. The lowest BCUT2D eigenvalue weighted by molar-refractivity contribution is -0.137. The summed E-state index contributed by atoms with van der Waals surface area (Å²) < 4.78 is 2.31. The van der Waals surface area contributed by atoms with Crippen LogP contribution in [0.25, 0.3) is 0 Å². The summed E-state index contributed by atoms with van der Waals surface area (Å²) in [6, 6.07) is 7.56. The number of carbonyl (C=O) groups excluding carboxylic acids is 1. The van der Waals surface area contributed by atoms with E-state index in [9.17, 15) is 9.59 Å². The normalized spacial score (nSPS) is 10.5. The highest BCUT2D eigenvalue weighted by molar-refractivity contribution is 9.10. The van der Waals surface area contributed by atoms with E-state index < -0.39 is 5.97 Å². The molecule has 22 heavy (non-hydrogen) atoms. The van der Waals surface area contributed by atoms with E-state index in [-0.39, 0.29) is 12.5 Å². The fraction of sp³-hybridized carbons (Fsp3) is 0.267. The van der Waals surface area contributed by atoms with Crippen LogP contribution in [0.4, 0.5) is 5.82 Å². The predicted octanol–water partition coefficient (Wildman–Crippen LogP) is 2.61. The molecule has 0 saturated heterocycles. The number of rotatable bonds is 6. The van der Waals surface area contributed by atoms with Crippen LogP contribution >= 0.6 is 15.9 Å². The van der Waals surface area contributed by atoms with Gasteiger partial charge in [-0.3, -0.25) is 14.3 Å². The van der Waals surface area contributed by atoms with Crippen molar-refractivity contribution >= 4 is 33.6 Å². The molecule has 2 aromatic rings. The minimum absolute atomic E-state index is 0.152. The number of aliphatic carboxylic acids is 1. The standard InChI is InChI=1S/C15H16BrN3O3/c1-10-8-11(2-4-12(10)16)3-5-14(20)17-13-6-7-19(18-13)9-15(21)22/h2,4,6-8H,3,5,9H2,1H3,(H,21,22)(H,17,18,20). The summed E-state index contributed by atoms with van der Waals surface area (Å²) in [6.45, 7) is 1.77. The summed E-state index contributed by atoms with van der Waals surface area (Å²) in [4.78, 5) is 22.4. The quantitative estimate of drug-likeness (QED) is 0.823. The van der Waals surface area contributed by atoms with Gasteiger partial charge in [0.05, 0.1) is 0 Å². The summed E-state index contributed by atoms with van der Waals surface area (Å²) in [5.74, 6) is -0.772. The Morgan fingerprint density at radius 1 is 1.36 bits per heavy atom. The molecule has 0 saturated carbocycles. The maximum absolute atomic E-state index is 11.9. The lowest BCUT2D eigenvalue weighted by atomic mass is 10.1. The van der Waals surface area contributed by atoms with E-state index in [0.29, 0.717) is 18.7 Å². The van der Waals surface area contributed by atoms with E-state index in [0.717, 1.165) is 15.6 Å². The van der Waals surface area contributed by atoms with E-state index >= 15 is 0 Å². The van der Waals surface area contributed by atoms with Crippen LogP contribution in [0, 0.1) is 6.92 Å². The number of amides is 1. The van der Waals surface area contributed by atoms with Crippen molar-refractivity contribution in [2.45, 2.75) is 26.3 Å². The lowest BCUT2D eigenvalue weighted by Crippen LogP contribution is -2.14. The summed E-state index contributed by atoms with van der Waals surface area (Å²) in [6.07, 6.45) is 2.49. The number of anilines is 1. The number of benzene rings is 1. The number of nitrogens with zero attached hydrogens (tertiary/aromatic N) is 2. The van der Waals surface area contributed by atoms with Gasteiger partial charge in [-0.05, 0) is 30.5 Å². The van der Waals surface area contributed by atoms with Gasteiger partial charge >= 0.3 is 5.97 Å². The summed E-state index contributed by atoms with van der Waals surface area (Å²) in [5, 5.41) is 15.3. The van der Waals surface area contributed by atoms with Crippen molar-refractivity contribution in [3.8, 4) is 0 Å². The minimum Gasteiger partial charge on any atom is -0.480 e. The van der Waals surface area contributed by atoms with Crippen molar-refractivity contribution in [1.82, 2.24) is 9.78 Å². The van der Waals surface area contributed by atoms with Crippen LogP contribution in [-0.4, -0.2) is 26.8 Å². The largest absolute Gasteiger partial charge is 0.480 e. The number of hydrogen-bond donors (Lipinski definition) is 2. The first-order valence-corrected chi connectivity index (χ1v) is 7.53. The Morgan fingerprint density at radius 3 is 2.82 bits per heavy atom. The Labute approximate surface area is 136 Å². The van der Waals surface area contributed by atoms with Crippen molar-refractivity contribution in [2.24, 2.45) is 0 Å². The van der Waals surface area contributed by atoms with Gasteiger partial charge in [0.2, 0.25) is 5.91 Å². The zero-order valence-corrected chi connectivity index (χ0v) is 13.6. The van der Waals surface area contributed by atoms with Crippen LogP contribution in [0.3, 0.4) is 0 Å². The van der Waals surface area contributed by atoms with Gasteiger partial charge in [-0.25, -0.2) is 0 Å². The molecule has 2 rings (SSSR count). The van der Waals surface area contributed by atoms with Crippen LogP contribution in [0.15, 0.2) is 34.9 Å². The van der Waals surface area contributed by atoms with Gasteiger partial charge in [-0.1, -0.05) is 28.1 Å². The molecule has 116 valence electrons. The van der Waals surface area contributed by atoms with Gasteiger partial charge in [0.1, 0.15) is 6.54 Å². The molecule has 0 radical (unpaired) electrons. The Balaban J connectivity index is 1.86. The second kappa shape index (κ2) is 7.22. The molecule has 0 unspecified atom stereocenters. The van der Waals surface area contributed by atoms with Gasteiger partial charge in [-0.15, -0.1) is 0 Å². The van der Waals surface area contributed by atoms with Crippen molar-refractivity contribution in [3.05, 3.63) is 46.1 Å². The summed E-state index contributed by atoms with van der Waals surface area (Å²) in [5.41, 5.74) is 2.22. The highest BCUT2D eigenvalue weighted by Crippen LogP contribution is 2.18. The van der Waals surface area contributed by atoms with Crippen LogP contribution in [0.2, 0.25) is 0 Å². The molecular weight excluding hydrogens is 350 g/mol. The van der Waals surface area contributed by atoms with Gasteiger partial charge in [0.25, 0.3) is 0 Å². The fourth-order valence-corrected chi connectivity index (χ4v) is 2.23. The van der Waals surface area contributed by atoms with Crippen LogP contribution in [0.1, 0.15) is 17.5 Å². The van der Waals surface area contributed by atoms with Crippen molar-refractivity contribution < 1.29 is 14.7 Å². The summed E-state index contributed by atoms with van der Waals surface area (Å²) >= 11 is 3.44. The first kappa shape index (κ1) is 16.2. The van der Waals surface area contributed by atoms with Crippen LogP contribution < -0.4 is 5.32 Å². The zero-order valence-electron chi connectivity index (χ0n) is 12.0. The van der Waals surface area contributed by atoms with Gasteiger partial charge in [-0.2, -0.15) is 5.10 Å². The van der Waals surface area contributed by atoms with Crippen molar-refractivity contribution in [3.63, 3.8) is 0 Å². The van der Waals surface area contributed by atoms with Gasteiger partial charge < -0.3 is 10.4 Å². The van der Waals surface area contributed by atoms with Crippen LogP contribution in [-0.2, 0) is 22.6 Å². The maximum Gasteiger partial charge on any atom is 0.325 e. The average Bonchev–Trinajstić information content (AvgIpc) is 2.86. The molecule has 1 aromatic carbocycles. The topological polar surface area (TPSA) is 84.2 Å². The predicted molar refractivity (Wildman–Crippen MR) is 85.7 cm³/mol. The molecule has 1 heterocycles. The molecule has 7 heteroatoms. The molecule has 6 nitrogen and oxygen atoms in total. The first-order valence-electron chi connectivity index (χ1n) is 6.74. The van der Waals surface area contributed by atoms with Gasteiger partial charge in [0, 0.05) is 23.2 Å². The molecular formula is C15H16BrN3O3. The smallest absolute Gasteiger partial charge is 0.325 e. The highest BCUT2D eigenvalue weighted by atomic mass is 79.9. The Hall–Kier alpha value is -2.15. The first-order chi connectivity index (χ1) is 10.4. The number of carbonyl (C=O) groups is 2. The molecule has 1 aromatic heterocycles. The molecule has 0 atom stereocenters. The fourth-order valence-electron chi connectivity index (χ4n) is 1.98. The van der Waals surface area contributed by atoms with E-state index in [1.165, 1.54) is 10.9 Å². The Morgan fingerprint density at radius 2 is 2.14 bits per heavy atom. The molecule has 0 aliphatic heterocycles. The van der Waals surface area contributed by atoms with Crippen molar-refractivity contribution in [2.75, 3.05) is 5.32 Å². The van der Waals surface area contributed by atoms with E-state index in [1.807, 2.05) is 25.1 Å². The SMILES string of the molecule is Cc1cc(CCC(=O)Nc2ccn(CC(=O)O)n2)ccc1Br. The minimum atomic E-state index is -0.980. The number of nitrogens with one attached hydrogen (secondary N) is 1. The monoisotopic (exact) mass is 365 g/mol. The number of hydrogen-bond acceptors (Lipinski definition) is 3. The van der Waals surface area contributed by atoms with E-state index in [2.05, 4.69) is 26.3 Å². The molecule has 0 aliphatic carbocycles. The maximum atomic E-state index is 11.9. The number of halogens is 1. The molecule has 0 spiro atoms. The van der Waals surface area contributed by atoms with Crippen LogP contribution in [0.5, 0.6) is 0 Å². The van der Waals surface area contributed by atoms with Crippen molar-refractivity contribution in [1.29, 1.82) is 0 Å². The molecule has 1 amide bonds. The van der Waals surface area contributed by atoms with E-state index in [1.54, 1.807) is 6.07 Å². The average molecular weight is 366 g/mol. The van der Waals surface area contributed by atoms with E-state index in [4.69, 9.17) is 5.11 Å². The number of carboxylic acids is 1. The lowest BCUT2D eigenvalue weighted by Gasteiger charge is -2.05. The second-order valence-electron chi connectivity index (χ2n) is 4.92. The van der Waals surface area contributed by atoms with Gasteiger partial charge in [0.15, 0.2) is 5.82 Å². The molecule has 0 fully saturated rings. The Bertz CT molecular complexity index is 697. The Kier molecular flexibility index (Phi) is 5.32. The third-order valence-electron chi connectivity index (χ3n) is 3.07.